The quantitative estimate of drug-likeness (QED) is 0.581. The summed E-state index contributed by atoms with van der Waals surface area (Å²) in [7, 11) is -3.23. The molecule has 1 atom stereocenters. The summed E-state index contributed by atoms with van der Waals surface area (Å²) in [5, 5.41) is 9.42. The highest BCUT2D eigenvalue weighted by Crippen LogP contribution is 2.35. The summed E-state index contributed by atoms with van der Waals surface area (Å²) < 4.78 is 29.3. The van der Waals surface area contributed by atoms with Crippen molar-refractivity contribution in [3.8, 4) is 11.4 Å². The number of benzene rings is 1. The van der Waals surface area contributed by atoms with Gasteiger partial charge in [0.1, 0.15) is 0 Å². The van der Waals surface area contributed by atoms with Gasteiger partial charge in [0.2, 0.25) is 0 Å². The van der Waals surface area contributed by atoms with Crippen LogP contribution < -0.4 is 0 Å². The second-order valence-corrected chi connectivity index (χ2v) is 10.2. The Morgan fingerprint density at radius 3 is 2.55 bits per heavy atom. The fourth-order valence-electron chi connectivity index (χ4n) is 4.19. The van der Waals surface area contributed by atoms with E-state index in [2.05, 4.69) is 16.0 Å². The van der Waals surface area contributed by atoms with Gasteiger partial charge in [-0.05, 0) is 72.7 Å². The Morgan fingerprint density at radius 2 is 1.87 bits per heavy atom. The lowest BCUT2D eigenvalue weighted by atomic mass is 9.83. The number of aliphatic hydroxyl groups is 1. The zero-order valence-corrected chi connectivity index (χ0v) is 18.4. The molecule has 1 aromatic carbocycles. The van der Waals surface area contributed by atoms with Gasteiger partial charge in [0.05, 0.1) is 22.9 Å². The fourth-order valence-corrected chi connectivity index (χ4v) is 4.82. The lowest BCUT2D eigenvalue weighted by Gasteiger charge is -2.27. The van der Waals surface area contributed by atoms with Gasteiger partial charge in [0.15, 0.2) is 9.84 Å². The summed E-state index contributed by atoms with van der Waals surface area (Å²) in [5.41, 5.74) is 4.66. The molecule has 0 spiro atoms. The summed E-state index contributed by atoms with van der Waals surface area (Å²) in [6.07, 6.45) is 5.96. The fraction of sp³-hybridized carbons (Fsp3) is 0.375. The normalized spacial score (nSPS) is 16.3. The Bertz CT molecular complexity index is 1120. The number of nitrogens with one attached hydrogen (secondary N) is 1. The third-order valence-corrected chi connectivity index (χ3v) is 7.12. The Morgan fingerprint density at radius 1 is 1.13 bits per heavy atom. The SMILES string of the molecule is CS(=O)(=O)c1ccc(C(CC2CCOCC2)c2ccc(-c3cc(CO)ccn3)[nH]2)cc1. The van der Waals surface area contributed by atoms with Crippen LogP contribution in [0.5, 0.6) is 0 Å². The lowest BCUT2D eigenvalue weighted by molar-refractivity contribution is 0.0626. The van der Waals surface area contributed by atoms with E-state index >= 15 is 0 Å². The predicted molar refractivity (Wildman–Crippen MR) is 120 cm³/mol. The van der Waals surface area contributed by atoms with Gasteiger partial charge in [-0.15, -0.1) is 0 Å². The smallest absolute Gasteiger partial charge is 0.175 e. The summed E-state index contributed by atoms with van der Waals surface area (Å²) in [6.45, 7) is 1.55. The molecule has 2 N–H and O–H groups in total. The van der Waals surface area contributed by atoms with E-state index in [1.54, 1.807) is 24.4 Å². The second kappa shape index (κ2) is 9.34. The molecule has 1 aliphatic rings. The van der Waals surface area contributed by atoms with E-state index in [9.17, 15) is 13.5 Å². The molecule has 1 unspecified atom stereocenters. The standard InChI is InChI=1S/C24H28N2O4S/c1-31(28,29)20-4-2-19(3-5-20)21(14-17-9-12-30-13-10-17)22-6-7-23(26-22)24-15-18(16-27)8-11-25-24/h2-8,11,15,17,21,26-27H,9-10,12-14,16H2,1H3. The molecule has 0 radical (unpaired) electrons. The number of aromatic amines is 1. The zero-order valence-electron chi connectivity index (χ0n) is 17.6. The molecule has 164 valence electrons. The number of H-pyrrole nitrogens is 1. The maximum atomic E-state index is 11.9. The first kappa shape index (κ1) is 21.7. The van der Waals surface area contributed by atoms with Crippen molar-refractivity contribution in [1.29, 1.82) is 0 Å². The molecule has 1 saturated heterocycles. The molecule has 0 amide bonds. The first-order valence-electron chi connectivity index (χ1n) is 10.6. The molecule has 31 heavy (non-hydrogen) atoms. The number of nitrogens with zero attached hydrogens (tertiary/aromatic N) is 1. The van der Waals surface area contributed by atoms with Gasteiger partial charge in [0, 0.05) is 37.3 Å². The summed E-state index contributed by atoms with van der Waals surface area (Å²) in [6, 6.07) is 15.0. The van der Waals surface area contributed by atoms with Crippen molar-refractivity contribution < 1.29 is 18.3 Å². The average Bonchev–Trinajstić information content (AvgIpc) is 3.28. The van der Waals surface area contributed by atoms with Crippen LogP contribution in [0.25, 0.3) is 11.4 Å². The number of rotatable bonds is 7. The van der Waals surface area contributed by atoms with Crippen LogP contribution in [0.15, 0.2) is 59.6 Å². The second-order valence-electron chi connectivity index (χ2n) is 8.22. The van der Waals surface area contributed by atoms with Gasteiger partial charge >= 0.3 is 0 Å². The van der Waals surface area contributed by atoms with E-state index in [1.165, 1.54) is 6.26 Å². The predicted octanol–water partition coefficient (Wildman–Crippen LogP) is 3.92. The van der Waals surface area contributed by atoms with E-state index in [4.69, 9.17) is 4.74 Å². The molecule has 0 bridgehead atoms. The highest BCUT2D eigenvalue weighted by Gasteiger charge is 2.24. The van der Waals surface area contributed by atoms with Crippen molar-refractivity contribution in [2.45, 2.75) is 36.7 Å². The number of hydrogen-bond acceptors (Lipinski definition) is 5. The van der Waals surface area contributed by atoms with E-state index in [0.29, 0.717) is 10.8 Å². The van der Waals surface area contributed by atoms with Crippen molar-refractivity contribution in [1.82, 2.24) is 9.97 Å². The first-order chi connectivity index (χ1) is 14.9. The summed E-state index contributed by atoms with van der Waals surface area (Å²) >= 11 is 0. The van der Waals surface area contributed by atoms with Crippen molar-refractivity contribution >= 4 is 9.84 Å². The van der Waals surface area contributed by atoms with Crippen molar-refractivity contribution in [2.75, 3.05) is 19.5 Å². The lowest BCUT2D eigenvalue weighted by Crippen LogP contribution is -2.18. The highest BCUT2D eigenvalue weighted by atomic mass is 32.2. The van der Waals surface area contributed by atoms with Crippen LogP contribution in [0.4, 0.5) is 0 Å². The maximum absolute atomic E-state index is 11.9. The zero-order chi connectivity index (χ0) is 21.8. The van der Waals surface area contributed by atoms with Gasteiger partial charge in [-0.2, -0.15) is 0 Å². The van der Waals surface area contributed by atoms with Gasteiger partial charge in [-0.3, -0.25) is 4.98 Å². The van der Waals surface area contributed by atoms with E-state index in [0.717, 1.165) is 60.7 Å². The molecular formula is C24H28N2O4S. The van der Waals surface area contributed by atoms with Gasteiger partial charge < -0.3 is 14.8 Å². The molecule has 3 heterocycles. The number of pyridine rings is 1. The third-order valence-electron chi connectivity index (χ3n) is 5.99. The molecule has 6 nitrogen and oxygen atoms in total. The highest BCUT2D eigenvalue weighted by molar-refractivity contribution is 7.90. The third kappa shape index (κ3) is 5.23. The number of hydrogen-bond donors (Lipinski definition) is 2. The first-order valence-corrected chi connectivity index (χ1v) is 12.5. The Kier molecular flexibility index (Phi) is 6.55. The largest absolute Gasteiger partial charge is 0.392 e. The minimum Gasteiger partial charge on any atom is -0.392 e. The Labute approximate surface area is 183 Å². The van der Waals surface area contributed by atoms with Crippen LogP contribution in [0.1, 0.15) is 42.0 Å². The van der Waals surface area contributed by atoms with Crippen LogP contribution in [0.3, 0.4) is 0 Å². The molecular weight excluding hydrogens is 412 g/mol. The molecule has 0 aliphatic carbocycles. The van der Waals surface area contributed by atoms with Crippen molar-refractivity contribution in [2.24, 2.45) is 5.92 Å². The Hall–Kier alpha value is -2.48. The van der Waals surface area contributed by atoms with Crippen molar-refractivity contribution in [3.63, 3.8) is 0 Å². The van der Waals surface area contributed by atoms with Gasteiger partial charge in [-0.1, -0.05) is 12.1 Å². The van der Waals surface area contributed by atoms with Crippen LogP contribution in [-0.2, 0) is 21.2 Å². The minimum absolute atomic E-state index is 0.0256. The monoisotopic (exact) mass is 440 g/mol. The molecule has 4 rings (SSSR count). The van der Waals surface area contributed by atoms with E-state index < -0.39 is 9.84 Å². The number of sulfone groups is 1. The molecule has 0 saturated carbocycles. The minimum atomic E-state index is -3.23. The molecule has 7 heteroatoms. The number of aliphatic hydroxyl groups excluding tert-OH is 1. The van der Waals surface area contributed by atoms with Crippen LogP contribution in [0, 0.1) is 5.92 Å². The number of aromatic nitrogens is 2. The number of ether oxygens (including phenoxy) is 1. The van der Waals surface area contributed by atoms with Gasteiger partial charge in [-0.25, -0.2) is 8.42 Å². The molecule has 2 aromatic heterocycles. The van der Waals surface area contributed by atoms with E-state index in [-0.39, 0.29) is 12.5 Å². The van der Waals surface area contributed by atoms with Gasteiger partial charge in [0.25, 0.3) is 0 Å². The summed E-state index contributed by atoms with van der Waals surface area (Å²) in [5.74, 6) is 0.669. The van der Waals surface area contributed by atoms with Crippen LogP contribution in [-0.4, -0.2) is 43.0 Å². The van der Waals surface area contributed by atoms with Crippen molar-refractivity contribution in [3.05, 3.63) is 71.5 Å². The maximum Gasteiger partial charge on any atom is 0.175 e. The molecule has 1 fully saturated rings. The Balaban J connectivity index is 1.66. The molecule has 3 aromatic rings. The van der Waals surface area contributed by atoms with Crippen LogP contribution in [0.2, 0.25) is 0 Å². The molecule has 1 aliphatic heterocycles. The summed E-state index contributed by atoms with van der Waals surface area (Å²) in [4.78, 5) is 8.28. The average molecular weight is 441 g/mol. The van der Waals surface area contributed by atoms with Crippen LogP contribution >= 0.6 is 0 Å². The topological polar surface area (TPSA) is 92.3 Å². The van der Waals surface area contributed by atoms with E-state index in [1.807, 2.05) is 24.3 Å².